The van der Waals surface area contributed by atoms with Crippen molar-refractivity contribution in [2.24, 2.45) is 0 Å². The fraction of sp³-hybridized carbons (Fsp3) is 1.00. The molecule has 0 unspecified atom stereocenters. The quantitative estimate of drug-likeness (QED) is 0.489. The summed E-state index contributed by atoms with van der Waals surface area (Å²) in [6, 6.07) is 0. The molecule has 0 radical (unpaired) electrons. The summed E-state index contributed by atoms with van der Waals surface area (Å²) in [5.41, 5.74) is 0. The van der Waals surface area contributed by atoms with E-state index in [4.69, 9.17) is 15.3 Å². The third kappa shape index (κ3) is 6.54. The van der Waals surface area contributed by atoms with Crippen molar-refractivity contribution in [3.8, 4) is 0 Å². The van der Waals surface area contributed by atoms with E-state index in [2.05, 4.69) is 0 Å². The van der Waals surface area contributed by atoms with Crippen molar-refractivity contribution >= 4 is 0 Å². The van der Waals surface area contributed by atoms with E-state index in [9.17, 15) is 0 Å². The molecule has 2 atom stereocenters. The average Bonchev–Trinajstić information content (AvgIpc) is 1.84. The first-order chi connectivity index (χ1) is 5.56. The number of aliphatic hydroxyl groups excluding tert-OH is 3. The van der Waals surface area contributed by atoms with Crippen LogP contribution in [0.5, 0.6) is 0 Å². The smallest absolute Gasteiger partial charge is 0.0639 e. The molecule has 0 saturated carbocycles. The van der Waals surface area contributed by atoms with E-state index in [0.717, 1.165) is 0 Å². The summed E-state index contributed by atoms with van der Waals surface area (Å²) in [7, 11) is 0. The van der Waals surface area contributed by atoms with Crippen molar-refractivity contribution in [2.45, 2.75) is 26.1 Å². The first kappa shape index (κ1) is 11.8. The Morgan fingerprint density at radius 3 is 1.75 bits per heavy atom. The number of hydrogen-bond acceptors (Lipinski definition) is 4. The Morgan fingerprint density at radius 2 is 1.50 bits per heavy atom. The van der Waals surface area contributed by atoms with E-state index in [0.29, 0.717) is 19.6 Å². The number of hydrogen-bond donors (Lipinski definition) is 3. The normalized spacial score (nSPS) is 16.5. The number of nitrogens with zero attached hydrogens (tertiary/aromatic N) is 1. The van der Waals surface area contributed by atoms with Gasteiger partial charge in [0.25, 0.3) is 0 Å². The minimum absolute atomic E-state index is 0.0550. The Labute approximate surface area is 73.4 Å². The molecule has 0 heterocycles. The van der Waals surface area contributed by atoms with Crippen LogP contribution in [0.3, 0.4) is 0 Å². The second-order valence-corrected chi connectivity index (χ2v) is 3.18. The summed E-state index contributed by atoms with van der Waals surface area (Å²) in [5, 5.41) is 26.8. The topological polar surface area (TPSA) is 63.9 Å². The largest absolute Gasteiger partial charge is 0.395 e. The van der Waals surface area contributed by atoms with Crippen molar-refractivity contribution in [2.75, 3.05) is 26.2 Å². The Balaban J connectivity index is 3.69. The second kappa shape index (κ2) is 6.37. The summed E-state index contributed by atoms with van der Waals surface area (Å²) < 4.78 is 0. The van der Waals surface area contributed by atoms with Gasteiger partial charge in [0.05, 0.1) is 18.8 Å². The lowest BCUT2D eigenvalue weighted by atomic mass is 10.3. The molecule has 0 aliphatic rings. The molecule has 3 N–H and O–H groups in total. The van der Waals surface area contributed by atoms with Crippen LogP contribution in [-0.2, 0) is 0 Å². The fourth-order valence-electron chi connectivity index (χ4n) is 1.15. The van der Waals surface area contributed by atoms with Crippen LogP contribution in [0.1, 0.15) is 13.8 Å². The zero-order valence-corrected chi connectivity index (χ0v) is 7.77. The molecular weight excluding hydrogens is 158 g/mol. The molecule has 0 aliphatic carbocycles. The third-order valence-electron chi connectivity index (χ3n) is 1.46. The molecule has 0 fully saturated rings. The highest BCUT2D eigenvalue weighted by molar-refractivity contribution is 4.63. The maximum Gasteiger partial charge on any atom is 0.0639 e. The van der Waals surface area contributed by atoms with Crippen LogP contribution in [-0.4, -0.2) is 58.7 Å². The summed E-state index contributed by atoms with van der Waals surface area (Å²) in [5.74, 6) is 0. The van der Waals surface area contributed by atoms with Gasteiger partial charge in [0.15, 0.2) is 0 Å². The maximum absolute atomic E-state index is 9.06. The zero-order valence-electron chi connectivity index (χ0n) is 7.77. The Kier molecular flexibility index (Phi) is 6.28. The van der Waals surface area contributed by atoms with Crippen molar-refractivity contribution in [1.29, 1.82) is 0 Å². The molecule has 12 heavy (non-hydrogen) atoms. The minimum atomic E-state index is -0.421. The van der Waals surface area contributed by atoms with Crippen LogP contribution in [0, 0.1) is 0 Å². The van der Waals surface area contributed by atoms with E-state index in [-0.39, 0.29) is 6.61 Å². The molecule has 0 aliphatic heterocycles. The van der Waals surface area contributed by atoms with Crippen LogP contribution < -0.4 is 0 Å². The van der Waals surface area contributed by atoms with E-state index in [1.165, 1.54) is 0 Å². The maximum atomic E-state index is 9.06. The molecule has 0 bridgehead atoms. The minimum Gasteiger partial charge on any atom is -0.395 e. The monoisotopic (exact) mass is 177 g/mol. The summed E-state index contributed by atoms with van der Waals surface area (Å²) in [6.45, 7) is 4.91. The van der Waals surface area contributed by atoms with Gasteiger partial charge in [0.2, 0.25) is 0 Å². The predicted molar refractivity (Wildman–Crippen MR) is 46.9 cm³/mol. The van der Waals surface area contributed by atoms with Gasteiger partial charge in [-0.15, -0.1) is 0 Å². The van der Waals surface area contributed by atoms with Crippen LogP contribution in [0.4, 0.5) is 0 Å². The van der Waals surface area contributed by atoms with Crippen molar-refractivity contribution in [3.63, 3.8) is 0 Å². The van der Waals surface area contributed by atoms with E-state index < -0.39 is 12.2 Å². The van der Waals surface area contributed by atoms with Gasteiger partial charge in [-0.25, -0.2) is 0 Å². The van der Waals surface area contributed by atoms with Gasteiger partial charge in [0, 0.05) is 19.6 Å². The highest BCUT2D eigenvalue weighted by atomic mass is 16.3. The number of aliphatic hydroxyl groups is 3. The molecule has 0 spiro atoms. The standard InChI is InChI=1S/C8H19NO3/c1-7(11)5-9(3-4-10)6-8(2)12/h7-8,10-12H,3-6H2,1-2H3/t7-,8-/m0/s1. The van der Waals surface area contributed by atoms with Gasteiger partial charge in [-0.2, -0.15) is 0 Å². The zero-order chi connectivity index (χ0) is 9.56. The molecule has 0 aromatic carbocycles. The van der Waals surface area contributed by atoms with Crippen molar-refractivity contribution in [3.05, 3.63) is 0 Å². The molecule has 4 nitrogen and oxygen atoms in total. The van der Waals surface area contributed by atoms with Crippen LogP contribution in [0.2, 0.25) is 0 Å². The Morgan fingerprint density at radius 1 is 1.08 bits per heavy atom. The molecule has 74 valence electrons. The molecule has 0 rings (SSSR count). The van der Waals surface area contributed by atoms with Crippen molar-refractivity contribution in [1.82, 2.24) is 4.90 Å². The second-order valence-electron chi connectivity index (χ2n) is 3.18. The molecule has 0 saturated heterocycles. The first-order valence-corrected chi connectivity index (χ1v) is 4.25. The summed E-state index contributed by atoms with van der Waals surface area (Å²) in [6.07, 6.45) is -0.842. The molecular formula is C8H19NO3. The molecule has 4 heteroatoms. The third-order valence-corrected chi connectivity index (χ3v) is 1.46. The number of rotatable bonds is 6. The van der Waals surface area contributed by atoms with Crippen molar-refractivity contribution < 1.29 is 15.3 Å². The lowest BCUT2D eigenvalue weighted by Gasteiger charge is -2.23. The summed E-state index contributed by atoms with van der Waals surface area (Å²) in [4.78, 5) is 1.83. The highest BCUT2D eigenvalue weighted by Gasteiger charge is 2.09. The van der Waals surface area contributed by atoms with Gasteiger partial charge in [0.1, 0.15) is 0 Å². The van der Waals surface area contributed by atoms with Gasteiger partial charge >= 0.3 is 0 Å². The first-order valence-electron chi connectivity index (χ1n) is 4.25. The molecule has 0 aromatic rings. The van der Waals surface area contributed by atoms with Gasteiger partial charge in [-0.05, 0) is 13.8 Å². The van der Waals surface area contributed by atoms with Crippen LogP contribution in [0.25, 0.3) is 0 Å². The average molecular weight is 177 g/mol. The van der Waals surface area contributed by atoms with E-state index >= 15 is 0 Å². The summed E-state index contributed by atoms with van der Waals surface area (Å²) >= 11 is 0. The van der Waals surface area contributed by atoms with Gasteiger partial charge in [-0.1, -0.05) is 0 Å². The van der Waals surface area contributed by atoms with Gasteiger partial charge in [-0.3, -0.25) is 4.90 Å². The lowest BCUT2D eigenvalue weighted by Crippen LogP contribution is -2.38. The SMILES string of the molecule is C[C@H](O)CN(CCO)C[C@H](C)O. The Hall–Kier alpha value is -0.160. The highest BCUT2D eigenvalue weighted by Crippen LogP contribution is 1.94. The lowest BCUT2D eigenvalue weighted by molar-refractivity contribution is 0.0725. The Bertz CT molecular complexity index is 96.5. The van der Waals surface area contributed by atoms with Crippen LogP contribution in [0.15, 0.2) is 0 Å². The molecule has 0 aromatic heterocycles. The fourth-order valence-corrected chi connectivity index (χ4v) is 1.15. The molecule has 0 amide bonds. The van der Waals surface area contributed by atoms with E-state index in [1.807, 2.05) is 4.90 Å². The van der Waals surface area contributed by atoms with E-state index in [1.54, 1.807) is 13.8 Å². The predicted octanol–water partition coefficient (Wildman–Crippen LogP) is -0.958. The van der Waals surface area contributed by atoms with Gasteiger partial charge < -0.3 is 15.3 Å². The van der Waals surface area contributed by atoms with Crippen LogP contribution >= 0.6 is 0 Å².